The SMILES string of the molecule is CCOc1ccc(/C(O)=C2/C(=O)C(=O)N(C3CCCC3)C2c2ccncc2)cc1. The van der Waals surface area contributed by atoms with Gasteiger partial charge in [0.15, 0.2) is 0 Å². The van der Waals surface area contributed by atoms with E-state index in [9.17, 15) is 14.7 Å². The number of Topliss-reactive ketones (excluding diaryl/α,β-unsaturated/α-hetero) is 1. The van der Waals surface area contributed by atoms with E-state index in [1.54, 1.807) is 53.7 Å². The van der Waals surface area contributed by atoms with Crippen LogP contribution in [-0.4, -0.2) is 39.3 Å². The second-order valence-corrected chi connectivity index (χ2v) is 7.38. The highest BCUT2D eigenvalue weighted by Crippen LogP contribution is 2.43. The Kier molecular flexibility index (Phi) is 5.34. The maximum Gasteiger partial charge on any atom is 0.295 e. The number of carbonyl (C=O) groups is 2. The number of aliphatic hydroxyl groups is 1. The summed E-state index contributed by atoms with van der Waals surface area (Å²) in [6.07, 6.45) is 7.10. The third kappa shape index (κ3) is 3.50. The summed E-state index contributed by atoms with van der Waals surface area (Å²) in [6.45, 7) is 2.44. The average molecular weight is 392 g/mol. The van der Waals surface area contributed by atoms with Gasteiger partial charge in [-0.2, -0.15) is 0 Å². The molecule has 2 fully saturated rings. The first-order valence-corrected chi connectivity index (χ1v) is 10.0. The number of carbonyl (C=O) groups excluding carboxylic acids is 2. The average Bonchev–Trinajstić information content (AvgIpc) is 3.36. The number of amides is 1. The predicted molar refractivity (Wildman–Crippen MR) is 108 cm³/mol. The number of nitrogens with zero attached hydrogens (tertiary/aromatic N) is 2. The first kappa shape index (κ1) is 19.2. The van der Waals surface area contributed by atoms with Crippen LogP contribution in [0, 0.1) is 0 Å². The van der Waals surface area contributed by atoms with E-state index in [-0.39, 0.29) is 17.4 Å². The van der Waals surface area contributed by atoms with Crippen LogP contribution >= 0.6 is 0 Å². The number of aromatic nitrogens is 1. The smallest absolute Gasteiger partial charge is 0.295 e. The molecule has 29 heavy (non-hydrogen) atoms. The minimum atomic E-state index is -0.634. The summed E-state index contributed by atoms with van der Waals surface area (Å²) < 4.78 is 5.45. The molecular weight excluding hydrogens is 368 g/mol. The van der Waals surface area contributed by atoms with Crippen molar-refractivity contribution in [2.75, 3.05) is 6.61 Å². The molecule has 1 unspecified atom stereocenters. The van der Waals surface area contributed by atoms with Crippen LogP contribution in [-0.2, 0) is 9.59 Å². The van der Waals surface area contributed by atoms with Gasteiger partial charge in [0.05, 0.1) is 18.2 Å². The van der Waals surface area contributed by atoms with Gasteiger partial charge in [-0.1, -0.05) is 12.8 Å². The Balaban J connectivity index is 1.81. The molecule has 6 nitrogen and oxygen atoms in total. The maximum atomic E-state index is 13.0. The lowest BCUT2D eigenvalue weighted by Crippen LogP contribution is -2.37. The van der Waals surface area contributed by atoms with Crippen LogP contribution in [0.15, 0.2) is 54.4 Å². The summed E-state index contributed by atoms with van der Waals surface area (Å²) >= 11 is 0. The third-order valence-corrected chi connectivity index (χ3v) is 5.66. The summed E-state index contributed by atoms with van der Waals surface area (Å²) in [4.78, 5) is 31.7. The van der Waals surface area contributed by atoms with E-state index in [0.29, 0.717) is 17.9 Å². The molecule has 1 N–H and O–H groups in total. The number of ketones is 1. The highest BCUT2D eigenvalue weighted by molar-refractivity contribution is 6.46. The summed E-state index contributed by atoms with van der Waals surface area (Å²) in [6, 6.07) is 9.89. The molecule has 6 heteroatoms. The molecule has 1 saturated carbocycles. The van der Waals surface area contributed by atoms with E-state index in [1.165, 1.54) is 0 Å². The fourth-order valence-electron chi connectivity index (χ4n) is 4.31. The topological polar surface area (TPSA) is 79.7 Å². The molecule has 150 valence electrons. The van der Waals surface area contributed by atoms with Gasteiger partial charge in [0.2, 0.25) is 0 Å². The first-order valence-electron chi connectivity index (χ1n) is 10.0. The van der Waals surface area contributed by atoms with Gasteiger partial charge in [-0.3, -0.25) is 14.6 Å². The van der Waals surface area contributed by atoms with Crippen molar-refractivity contribution in [2.45, 2.75) is 44.7 Å². The van der Waals surface area contributed by atoms with Crippen LogP contribution in [0.2, 0.25) is 0 Å². The number of pyridine rings is 1. The Bertz CT molecular complexity index is 931. The fourth-order valence-corrected chi connectivity index (χ4v) is 4.31. The van der Waals surface area contributed by atoms with E-state index in [2.05, 4.69) is 4.98 Å². The lowest BCUT2D eigenvalue weighted by Gasteiger charge is -2.30. The molecule has 4 rings (SSSR count). The van der Waals surface area contributed by atoms with Gasteiger partial charge in [0, 0.05) is 24.0 Å². The molecule has 0 spiro atoms. The van der Waals surface area contributed by atoms with Crippen LogP contribution in [0.25, 0.3) is 5.76 Å². The Labute approximate surface area is 169 Å². The highest BCUT2D eigenvalue weighted by atomic mass is 16.5. The quantitative estimate of drug-likeness (QED) is 0.475. The van der Waals surface area contributed by atoms with Crippen molar-refractivity contribution < 1.29 is 19.4 Å². The molecule has 1 aliphatic carbocycles. The molecule has 2 aromatic rings. The molecule has 0 radical (unpaired) electrons. The number of ether oxygens (including phenoxy) is 1. The molecule has 1 aromatic carbocycles. The van der Waals surface area contributed by atoms with Crippen LogP contribution in [0.3, 0.4) is 0 Å². The van der Waals surface area contributed by atoms with Crippen molar-refractivity contribution in [3.05, 3.63) is 65.5 Å². The standard InChI is InChI=1S/C23H24N2O4/c1-2-29-18-9-7-16(8-10-18)21(26)19-20(15-11-13-24-14-12-15)25(23(28)22(19)27)17-5-3-4-6-17/h7-14,17,20,26H,2-6H2,1H3/b21-19-. The van der Waals surface area contributed by atoms with Gasteiger partial charge < -0.3 is 14.7 Å². The summed E-state index contributed by atoms with van der Waals surface area (Å²) in [5.74, 6) is -0.647. The highest BCUT2D eigenvalue weighted by Gasteiger charge is 2.49. The number of aliphatic hydroxyl groups excluding tert-OH is 1. The number of benzene rings is 1. The van der Waals surface area contributed by atoms with Crippen molar-refractivity contribution in [1.82, 2.24) is 9.88 Å². The van der Waals surface area contributed by atoms with Gasteiger partial charge in [-0.15, -0.1) is 0 Å². The van der Waals surface area contributed by atoms with Crippen molar-refractivity contribution in [1.29, 1.82) is 0 Å². The van der Waals surface area contributed by atoms with Gasteiger partial charge in [-0.05, 0) is 61.7 Å². The third-order valence-electron chi connectivity index (χ3n) is 5.66. The van der Waals surface area contributed by atoms with Crippen molar-refractivity contribution in [3.8, 4) is 5.75 Å². The molecule has 2 heterocycles. The van der Waals surface area contributed by atoms with Crippen molar-refractivity contribution in [2.24, 2.45) is 0 Å². The fraction of sp³-hybridized carbons (Fsp3) is 0.348. The van der Waals surface area contributed by atoms with Gasteiger partial charge in [-0.25, -0.2) is 0 Å². The Morgan fingerprint density at radius 1 is 1.10 bits per heavy atom. The van der Waals surface area contributed by atoms with Gasteiger partial charge >= 0.3 is 0 Å². The molecule has 1 aromatic heterocycles. The number of likely N-dealkylation sites (tertiary alicyclic amines) is 1. The summed E-state index contributed by atoms with van der Waals surface area (Å²) in [5, 5.41) is 11.0. The molecule has 1 amide bonds. The van der Waals surface area contributed by atoms with Crippen LogP contribution in [0.4, 0.5) is 0 Å². The van der Waals surface area contributed by atoms with E-state index in [1.807, 2.05) is 6.92 Å². The molecule has 0 bridgehead atoms. The maximum absolute atomic E-state index is 13.0. The summed E-state index contributed by atoms with van der Waals surface area (Å²) in [7, 11) is 0. The molecule has 1 aliphatic heterocycles. The molecule has 1 atom stereocenters. The van der Waals surface area contributed by atoms with E-state index >= 15 is 0 Å². The predicted octanol–water partition coefficient (Wildman–Crippen LogP) is 3.84. The zero-order chi connectivity index (χ0) is 20.4. The zero-order valence-electron chi connectivity index (χ0n) is 16.4. The van der Waals surface area contributed by atoms with Crippen molar-refractivity contribution in [3.63, 3.8) is 0 Å². The number of rotatable bonds is 5. The lowest BCUT2D eigenvalue weighted by atomic mass is 9.95. The second kappa shape index (κ2) is 8.07. The molecular formula is C23H24N2O4. The Morgan fingerprint density at radius 2 is 1.76 bits per heavy atom. The van der Waals surface area contributed by atoms with Crippen molar-refractivity contribution >= 4 is 17.4 Å². The minimum Gasteiger partial charge on any atom is -0.507 e. The van der Waals surface area contributed by atoms with Gasteiger partial charge in [0.25, 0.3) is 11.7 Å². The summed E-state index contributed by atoms with van der Waals surface area (Å²) in [5.41, 5.74) is 1.40. The lowest BCUT2D eigenvalue weighted by molar-refractivity contribution is -0.141. The first-order chi connectivity index (χ1) is 14.1. The molecule has 1 saturated heterocycles. The second-order valence-electron chi connectivity index (χ2n) is 7.38. The number of hydrogen-bond donors (Lipinski definition) is 1. The minimum absolute atomic E-state index is 0.00949. The largest absolute Gasteiger partial charge is 0.507 e. The molecule has 2 aliphatic rings. The normalized spacial score (nSPS) is 21.7. The Morgan fingerprint density at radius 3 is 2.38 bits per heavy atom. The van der Waals surface area contributed by atoms with E-state index in [0.717, 1.165) is 31.2 Å². The Hall–Kier alpha value is -3.15. The number of hydrogen-bond acceptors (Lipinski definition) is 5. The van der Waals surface area contributed by atoms with Crippen LogP contribution in [0.1, 0.15) is 49.8 Å². The van der Waals surface area contributed by atoms with Crippen LogP contribution < -0.4 is 4.74 Å². The van der Waals surface area contributed by atoms with Crippen LogP contribution in [0.5, 0.6) is 5.75 Å². The monoisotopic (exact) mass is 392 g/mol. The van der Waals surface area contributed by atoms with E-state index in [4.69, 9.17) is 4.74 Å². The zero-order valence-corrected chi connectivity index (χ0v) is 16.4. The van der Waals surface area contributed by atoms with E-state index < -0.39 is 17.7 Å². The van der Waals surface area contributed by atoms with Gasteiger partial charge in [0.1, 0.15) is 11.5 Å².